The van der Waals surface area contributed by atoms with E-state index >= 15 is 0 Å². The number of rotatable bonds is 11. The lowest BCUT2D eigenvalue weighted by Gasteiger charge is -2.36. The topological polar surface area (TPSA) is 257 Å². The summed E-state index contributed by atoms with van der Waals surface area (Å²) in [5, 5.41) is 32.6. The molecule has 0 unspecified atom stereocenters. The lowest BCUT2D eigenvalue weighted by molar-refractivity contribution is -0.129. The van der Waals surface area contributed by atoms with E-state index in [-0.39, 0.29) is 16.9 Å². The number of piperazine rings is 3. The summed E-state index contributed by atoms with van der Waals surface area (Å²) in [5.74, 6) is 0.974. The first-order valence-electron chi connectivity index (χ1n) is 29.9. The zero-order valence-corrected chi connectivity index (χ0v) is 51.3. The highest BCUT2D eigenvalue weighted by molar-refractivity contribution is 7.90. The normalized spacial score (nSPS) is 18.2. The fourth-order valence-corrected chi connectivity index (χ4v) is 17.6. The van der Waals surface area contributed by atoms with Gasteiger partial charge in [-0.05, 0) is 98.2 Å². The van der Waals surface area contributed by atoms with Gasteiger partial charge in [-0.3, -0.25) is 25.2 Å². The van der Waals surface area contributed by atoms with Gasteiger partial charge in [0.1, 0.15) is 0 Å². The van der Waals surface area contributed by atoms with E-state index < -0.39 is 30.1 Å². The quantitative estimate of drug-likeness (QED) is 0.0966. The second-order valence-electron chi connectivity index (χ2n) is 22.5. The van der Waals surface area contributed by atoms with E-state index in [0.29, 0.717) is 82.7 Å². The fourth-order valence-electron chi connectivity index (χ4n) is 12.6. The van der Waals surface area contributed by atoms with E-state index in [1.807, 2.05) is 79.1 Å². The first-order valence-corrected chi connectivity index (χ1v) is 34.5. The molecule has 0 atom stereocenters. The van der Waals surface area contributed by atoms with Crippen LogP contribution in [0, 0.1) is 0 Å². The molecule has 5 fully saturated rings. The number of piperidine rings is 1. The number of anilines is 3. The molecule has 25 heteroatoms. The molecule has 5 aromatic carbocycles. The van der Waals surface area contributed by atoms with Gasteiger partial charge in [0.2, 0.25) is 36.0 Å². The SMILES string of the molecule is CC(=O)N1CCC(c2cccc3[nH]ncc23)CC1.CCCS(=O)(=O)N1CCN(c2cccc3[nH]ncc23)CC1.O=S(=O)(C1CCCC1)N1CCN(c2cccc3[nH]ncc23)CC1.O=S(=O)(c1ccccc1)N1CCN(c2cccc3[nH]ncc23)CC1. The molecule has 4 saturated heterocycles. The Morgan fingerprint density at radius 1 is 0.465 bits per heavy atom. The van der Waals surface area contributed by atoms with Crippen LogP contribution in [0.2, 0.25) is 0 Å². The standard InChI is InChI=1S/C17H18N4O2S.C16H22N4O2S.C14H20N4O2S.C14H17N3O/c22-24(23,14-5-2-1-3-6-14)21-11-9-20(10-12-21)17-8-4-7-16-15(17)13-18-19-16;21-23(22,13-4-1-2-5-13)20-10-8-19(9-11-20)16-7-3-6-15-14(16)12-17-18-15;1-2-10-21(19,20)18-8-6-17(7-9-18)14-5-3-4-13-12(14)11-15-16-13;1-10(18)17-7-5-11(6-8-17)12-3-2-4-14-13(12)9-15-16-14/h1-8,13H,9-12H2,(H,18,19);3,6-7,12-13H,1-2,4-5,8-11H2,(H,17,18);3-5,11H,2,6-10H2,1H3,(H,15,16);2-4,9,11H,5-8H2,1H3,(H,15,16). The predicted octanol–water partition coefficient (Wildman–Crippen LogP) is 7.74. The molecule has 5 aliphatic rings. The first kappa shape index (κ1) is 60.3. The summed E-state index contributed by atoms with van der Waals surface area (Å²) in [5.41, 5.74) is 8.83. The zero-order chi connectivity index (χ0) is 59.8. The van der Waals surface area contributed by atoms with Crippen molar-refractivity contribution in [1.29, 1.82) is 0 Å². The number of carbonyl (C=O) groups excluding carboxylic acids is 1. The van der Waals surface area contributed by atoms with Crippen LogP contribution >= 0.6 is 0 Å². The number of benzene rings is 5. The van der Waals surface area contributed by atoms with E-state index in [1.54, 1.807) is 44.1 Å². The van der Waals surface area contributed by atoms with Crippen molar-refractivity contribution in [3.05, 3.63) is 133 Å². The van der Waals surface area contributed by atoms with Gasteiger partial charge in [0.25, 0.3) is 0 Å². The molecule has 9 aromatic rings. The van der Waals surface area contributed by atoms with Crippen molar-refractivity contribution in [3.8, 4) is 0 Å². The first-order chi connectivity index (χ1) is 41.7. The number of sulfonamides is 3. The van der Waals surface area contributed by atoms with E-state index in [1.165, 1.54) is 10.9 Å². The summed E-state index contributed by atoms with van der Waals surface area (Å²) in [6, 6.07) is 33.1. The van der Waals surface area contributed by atoms with E-state index in [9.17, 15) is 30.0 Å². The minimum Gasteiger partial charge on any atom is -0.368 e. The van der Waals surface area contributed by atoms with Crippen LogP contribution in [0.15, 0.2) is 133 Å². The smallest absolute Gasteiger partial charge is 0.243 e. The van der Waals surface area contributed by atoms with E-state index in [4.69, 9.17) is 0 Å². The van der Waals surface area contributed by atoms with Gasteiger partial charge in [0.05, 0.1) is 62.8 Å². The van der Waals surface area contributed by atoms with Gasteiger partial charge in [-0.15, -0.1) is 0 Å². The molecular weight excluding hydrogens is 1150 g/mol. The fraction of sp³-hybridized carbons (Fsp3) is 0.426. The van der Waals surface area contributed by atoms with Crippen LogP contribution in [0.5, 0.6) is 0 Å². The van der Waals surface area contributed by atoms with Crippen LogP contribution < -0.4 is 14.7 Å². The van der Waals surface area contributed by atoms with Crippen LogP contribution in [0.4, 0.5) is 17.1 Å². The number of fused-ring (bicyclic) bond motifs is 4. The maximum absolute atomic E-state index is 12.7. The van der Waals surface area contributed by atoms with Crippen LogP contribution in [0.1, 0.15) is 70.3 Å². The molecule has 0 bridgehead atoms. The summed E-state index contributed by atoms with van der Waals surface area (Å²) in [7, 11) is -9.60. The molecule has 0 spiro atoms. The largest absolute Gasteiger partial charge is 0.368 e. The average molecular weight is 1230 g/mol. The summed E-state index contributed by atoms with van der Waals surface area (Å²) in [6.45, 7) is 12.7. The maximum atomic E-state index is 12.7. The van der Waals surface area contributed by atoms with Gasteiger partial charge in [0.15, 0.2) is 0 Å². The molecule has 1 aliphatic carbocycles. The van der Waals surface area contributed by atoms with Gasteiger partial charge < -0.3 is 19.6 Å². The maximum Gasteiger partial charge on any atom is 0.243 e. The van der Waals surface area contributed by atoms with Crippen molar-refractivity contribution >= 4 is 96.7 Å². The summed E-state index contributed by atoms with van der Waals surface area (Å²) >= 11 is 0. The van der Waals surface area contributed by atoms with Crippen molar-refractivity contribution in [2.24, 2.45) is 0 Å². The third kappa shape index (κ3) is 13.3. The highest BCUT2D eigenvalue weighted by Crippen LogP contribution is 2.34. The number of nitrogens with zero attached hydrogens (tertiary/aromatic N) is 11. The number of aromatic amines is 4. The van der Waals surface area contributed by atoms with Crippen molar-refractivity contribution in [2.45, 2.75) is 74.9 Å². The van der Waals surface area contributed by atoms with E-state index in [0.717, 1.165) is 120 Å². The lowest BCUT2D eigenvalue weighted by atomic mass is 9.87. The molecule has 86 heavy (non-hydrogen) atoms. The molecule has 0 radical (unpaired) electrons. The number of H-pyrrole nitrogens is 4. The molecule has 14 rings (SSSR count). The molecule has 4 aliphatic heterocycles. The van der Waals surface area contributed by atoms with Gasteiger partial charge in [-0.1, -0.05) is 68.3 Å². The second kappa shape index (κ2) is 26.7. The number of amides is 1. The van der Waals surface area contributed by atoms with Crippen molar-refractivity contribution in [2.75, 3.05) is 112 Å². The number of hydrogen-bond donors (Lipinski definition) is 4. The van der Waals surface area contributed by atoms with Gasteiger partial charge >= 0.3 is 0 Å². The Morgan fingerprint density at radius 3 is 1.31 bits per heavy atom. The molecule has 456 valence electrons. The Morgan fingerprint density at radius 2 is 0.872 bits per heavy atom. The lowest BCUT2D eigenvalue weighted by Crippen LogP contribution is -2.50. The predicted molar refractivity (Wildman–Crippen MR) is 339 cm³/mol. The Kier molecular flexibility index (Phi) is 18.7. The number of aromatic nitrogens is 8. The Bertz CT molecular complexity index is 4060. The summed E-state index contributed by atoms with van der Waals surface area (Å²) < 4.78 is 79.8. The Hall–Kier alpha value is -7.42. The molecule has 1 saturated carbocycles. The average Bonchev–Trinajstić information content (AvgIpc) is 3.47. The van der Waals surface area contributed by atoms with Crippen LogP contribution in [-0.2, 0) is 34.9 Å². The van der Waals surface area contributed by atoms with Crippen molar-refractivity contribution < 1.29 is 30.0 Å². The minimum absolute atomic E-state index is 0.147. The monoisotopic (exact) mass is 1230 g/mol. The molecule has 4 aromatic heterocycles. The zero-order valence-electron chi connectivity index (χ0n) is 48.8. The molecular formula is C61H77N15O7S3. The van der Waals surface area contributed by atoms with Crippen molar-refractivity contribution in [1.82, 2.24) is 58.6 Å². The van der Waals surface area contributed by atoms with Gasteiger partial charge in [0, 0.05) is 137 Å². The summed E-state index contributed by atoms with van der Waals surface area (Å²) in [4.78, 5) is 20.3. The van der Waals surface area contributed by atoms with Gasteiger partial charge in [-0.25, -0.2) is 25.3 Å². The number of carbonyl (C=O) groups is 1. The Balaban J connectivity index is 0.000000120. The van der Waals surface area contributed by atoms with Crippen LogP contribution in [0.3, 0.4) is 0 Å². The van der Waals surface area contributed by atoms with Crippen LogP contribution in [0.25, 0.3) is 43.6 Å². The van der Waals surface area contributed by atoms with Gasteiger partial charge in [-0.2, -0.15) is 33.3 Å². The third-order valence-electron chi connectivity index (χ3n) is 17.3. The number of hydrogen-bond acceptors (Lipinski definition) is 14. The molecule has 1 amide bonds. The molecule has 8 heterocycles. The van der Waals surface area contributed by atoms with E-state index in [2.05, 4.69) is 91.9 Å². The highest BCUT2D eigenvalue weighted by atomic mass is 32.2. The Labute approximate surface area is 503 Å². The number of likely N-dealkylation sites (tertiary alicyclic amines) is 1. The molecule has 4 N–H and O–H groups in total. The minimum atomic E-state index is -3.41. The van der Waals surface area contributed by atoms with Crippen molar-refractivity contribution in [3.63, 3.8) is 0 Å². The summed E-state index contributed by atoms with van der Waals surface area (Å²) in [6.07, 6.45) is 13.9. The number of nitrogens with one attached hydrogen (secondary N) is 4. The third-order valence-corrected chi connectivity index (χ3v) is 23.7. The highest BCUT2D eigenvalue weighted by Gasteiger charge is 2.36. The second-order valence-corrected chi connectivity index (χ2v) is 28.8. The van der Waals surface area contributed by atoms with Crippen LogP contribution in [-0.4, -0.2) is 192 Å². The molecule has 22 nitrogen and oxygen atoms in total.